The van der Waals surface area contributed by atoms with E-state index in [1.54, 1.807) is 26.8 Å². The summed E-state index contributed by atoms with van der Waals surface area (Å²) in [5, 5.41) is 19.8. The van der Waals surface area contributed by atoms with Crippen LogP contribution in [0.15, 0.2) is 12.2 Å². The van der Waals surface area contributed by atoms with Crippen molar-refractivity contribution in [2.45, 2.75) is 51.7 Å². The van der Waals surface area contributed by atoms with E-state index in [0.717, 1.165) is 0 Å². The fourth-order valence-electron chi connectivity index (χ4n) is 1.15. The van der Waals surface area contributed by atoms with Gasteiger partial charge in [-0.15, -0.1) is 0 Å². The number of alkyl carbamates (subject to hydrolysis) is 1. The zero-order chi connectivity index (χ0) is 15.1. The Balaban J connectivity index is 0. The van der Waals surface area contributed by atoms with E-state index in [9.17, 15) is 9.59 Å². The molecule has 0 bridgehead atoms. The number of ether oxygens (including phenoxy) is 1. The molecule has 20 heavy (non-hydrogen) atoms. The Labute approximate surface area is 162 Å². The van der Waals surface area contributed by atoms with Crippen LogP contribution in [-0.2, 0) is 9.53 Å². The van der Waals surface area contributed by atoms with E-state index in [-0.39, 0.29) is 51.4 Å². The van der Waals surface area contributed by atoms with E-state index in [1.165, 1.54) is 13.0 Å². The number of allylic oxidation sites excluding steroid dienone is 1. The fraction of sp³-hybridized carbons (Fsp3) is 0.615. The summed E-state index contributed by atoms with van der Waals surface area (Å²) in [6.07, 6.45) is 2.81. The van der Waals surface area contributed by atoms with Gasteiger partial charge in [0.2, 0.25) is 0 Å². The summed E-state index contributed by atoms with van der Waals surface area (Å²) < 4.78 is 5.01. The molecule has 1 amide bonds. The molecule has 0 aliphatic rings. The summed E-state index contributed by atoms with van der Waals surface area (Å²) in [4.78, 5) is 22.8. The molecular formula is C13H21KN2O4. The van der Waals surface area contributed by atoms with Gasteiger partial charge in [0, 0.05) is 6.42 Å². The van der Waals surface area contributed by atoms with Crippen molar-refractivity contribution in [2.75, 3.05) is 0 Å². The first-order valence-corrected chi connectivity index (χ1v) is 5.90. The van der Waals surface area contributed by atoms with E-state index < -0.39 is 23.2 Å². The number of nitrogens with zero attached hydrogens (tertiary/aromatic N) is 1. The number of hydrogen-bond donors (Lipinski definition) is 2. The zero-order valence-corrected chi connectivity index (χ0v) is 11.7. The number of rotatable bonds is 5. The van der Waals surface area contributed by atoms with Crippen molar-refractivity contribution >= 4 is 63.4 Å². The van der Waals surface area contributed by atoms with Gasteiger partial charge in [0.1, 0.15) is 5.60 Å². The average molecular weight is 308 g/mol. The van der Waals surface area contributed by atoms with Crippen LogP contribution < -0.4 is 5.32 Å². The van der Waals surface area contributed by atoms with Crippen LogP contribution in [0.1, 0.15) is 40.5 Å². The Morgan fingerprint density at radius 3 is 2.30 bits per heavy atom. The standard InChI is InChI=1S/C13H20N2O4.K.H/c1-12(2,3)19-11(18)15-13(4,10(16)17)8-6-5-7-9-14;;/h6,8H,5,7H2,1-4H3,(H,15,18)(H,16,17);;/b8-6-;;. The molecule has 0 spiro atoms. The van der Waals surface area contributed by atoms with Gasteiger partial charge in [-0.3, -0.25) is 0 Å². The average Bonchev–Trinajstić information content (AvgIpc) is 2.21. The molecule has 6 nitrogen and oxygen atoms in total. The number of carbonyl (C=O) groups excluding carboxylic acids is 1. The van der Waals surface area contributed by atoms with E-state index in [4.69, 9.17) is 15.1 Å². The maximum atomic E-state index is 11.6. The van der Waals surface area contributed by atoms with Crippen molar-refractivity contribution in [3.63, 3.8) is 0 Å². The summed E-state index contributed by atoms with van der Waals surface area (Å²) in [5.41, 5.74) is -2.26. The van der Waals surface area contributed by atoms with Crippen molar-refractivity contribution in [3.8, 4) is 6.07 Å². The fourth-order valence-corrected chi connectivity index (χ4v) is 1.15. The Bertz CT molecular complexity index is 410. The predicted octanol–water partition coefficient (Wildman–Crippen LogP) is 1.57. The van der Waals surface area contributed by atoms with Gasteiger partial charge in [-0.1, -0.05) is 12.2 Å². The van der Waals surface area contributed by atoms with E-state index in [0.29, 0.717) is 12.8 Å². The van der Waals surface area contributed by atoms with E-state index in [2.05, 4.69) is 5.32 Å². The van der Waals surface area contributed by atoms with Crippen molar-refractivity contribution in [1.82, 2.24) is 5.32 Å². The Morgan fingerprint density at radius 1 is 1.35 bits per heavy atom. The second-order valence-electron chi connectivity index (χ2n) is 5.23. The second kappa shape index (κ2) is 9.53. The van der Waals surface area contributed by atoms with Crippen molar-refractivity contribution in [1.29, 1.82) is 5.26 Å². The Hall–Kier alpha value is -0.394. The van der Waals surface area contributed by atoms with Crippen LogP contribution in [0.5, 0.6) is 0 Å². The minimum atomic E-state index is -1.56. The van der Waals surface area contributed by atoms with Crippen molar-refractivity contribution < 1.29 is 19.4 Å². The molecular weight excluding hydrogens is 287 g/mol. The first-order chi connectivity index (χ1) is 8.60. The molecule has 0 saturated heterocycles. The number of carboxylic acid groups (broad SMARTS) is 1. The third-order valence-corrected chi connectivity index (χ3v) is 2.08. The molecule has 0 heterocycles. The molecule has 0 fully saturated rings. The minimum absolute atomic E-state index is 0. The number of aliphatic carboxylic acids is 1. The van der Waals surface area contributed by atoms with Crippen LogP contribution in [0.4, 0.5) is 4.79 Å². The molecule has 0 aromatic rings. The molecule has 0 aliphatic heterocycles. The van der Waals surface area contributed by atoms with Crippen LogP contribution in [0.2, 0.25) is 0 Å². The van der Waals surface area contributed by atoms with Gasteiger partial charge in [-0.2, -0.15) is 5.26 Å². The molecule has 0 saturated carbocycles. The van der Waals surface area contributed by atoms with Gasteiger partial charge in [-0.05, 0) is 34.1 Å². The molecule has 1 unspecified atom stereocenters. The quantitative estimate of drug-likeness (QED) is 0.456. The topological polar surface area (TPSA) is 99.4 Å². The number of nitrogens with one attached hydrogen (secondary N) is 1. The SMILES string of the molecule is CC(C)(C)OC(=O)NC(C)(/C=C\CCC#N)C(=O)O.[KH]. The number of amides is 1. The monoisotopic (exact) mass is 308 g/mol. The van der Waals surface area contributed by atoms with Gasteiger partial charge in [0.15, 0.2) is 5.54 Å². The van der Waals surface area contributed by atoms with Gasteiger partial charge in [0.25, 0.3) is 0 Å². The molecule has 2 N–H and O–H groups in total. The molecule has 0 radical (unpaired) electrons. The Kier molecular flexibility index (Phi) is 10.4. The number of carbonyl (C=O) groups is 2. The van der Waals surface area contributed by atoms with Crippen molar-refractivity contribution in [2.24, 2.45) is 0 Å². The molecule has 0 aliphatic carbocycles. The maximum absolute atomic E-state index is 11.6. The van der Waals surface area contributed by atoms with Crippen LogP contribution in [0.3, 0.4) is 0 Å². The molecule has 0 aromatic heterocycles. The van der Waals surface area contributed by atoms with Crippen LogP contribution in [0.25, 0.3) is 0 Å². The van der Waals surface area contributed by atoms with Gasteiger partial charge >= 0.3 is 63.4 Å². The summed E-state index contributed by atoms with van der Waals surface area (Å²) in [6, 6.07) is 1.94. The molecule has 7 heteroatoms. The van der Waals surface area contributed by atoms with Crippen LogP contribution >= 0.6 is 0 Å². The molecule has 0 aromatic carbocycles. The third kappa shape index (κ3) is 9.50. The van der Waals surface area contributed by atoms with E-state index >= 15 is 0 Å². The normalized spacial score (nSPS) is 13.8. The van der Waals surface area contributed by atoms with Gasteiger partial charge in [-0.25, -0.2) is 9.59 Å². The number of hydrogen-bond acceptors (Lipinski definition) is 4. The summed E-state index contributed by atoms with van der Waals surface area (Å²) in [7, 11) is 0. The van der Waals surface area contributed by atoms with Crippen molar-refractivity contribution in [3.05, 3.63) is 12.2 Å². The molecule has 0 rings (SSSR count). The third-order valence-electron chi connectivity index (χ3n) is 2.08. The molecule has 1 atom stereocenters. The number of nitriles is 1. The first-order valence-electron chi connectivity index (χ1n) is 5.90. The Morgan fingerprint density at radius 2 is 1.90 bits per heavy atom. The summed E-state index contributed by atoms with van der Waals surface area (Å²) in [5.74, 6) is -1.20. The summed E-state index contributed by atoms with van der Waals surface area (Å²) in [6.45, 7) is 6.41. The second-order valence-corrected chi connectivity index (χ2v) is 5.23. The van der Waals surface area contributed by atoms with Crippen LogP contribution in [0, 0.1) is 11.3 Å². The van der Waals surface area contributed by atoms with Crippen LogP contribution in [-0.4, -0.2) is 79.7 Å². The molecule has 108 valence electrons. The van der Waals surface area contributed by atoms with Gasteiger partial charge in [0.05, 0.1) is 6.07 Å². The number of carboxylic acids is 1. The number of unbranched alkanes of at least 4 members (excludes halogenated alkanes) is 1. The van der Waals surface area contributed by atoms with Gasteiger partial charge < -0.3 is 15.2 Å². The van der Waals surface area contributed by atoms with E-state index in [1.807, 2.05) is 6.07 Å². The zero-order valence-electron chi connectivity index (χ0n) is 11.7. The predicted molar refractivity (Wildman–Crippen MR) is 76.5 cm³/mol. The first kappa shape index (κ1) is 21.9. The summed E-state index contributed by atoms with van der Waals surface area (Å²) >= 11 is 0.